The summed E-state index contributed by atoms with van der Waals surface area (Å²) >= 11 is 2.77. The van der Waals surface area contributed by atoms with Crippen LogP contribution in [0.4, 0.5) is 5.69 Å². The maximum atomic E-state index is 12.4. The third-order valence-electron chi connectivity index (χ3n) is 4.00. The molecule has 0 aliphatic heterocycles. The average Bonchev–Trinajstić information content (AvgIpc) is 3.15. The van der Waals surface area contributed by atoms with Crippen LogP contribution in [0.1, 0.15) is 11.1 Å². The molecule has 0 saturated heterocycles. The summed E-state index contributed by atoms with van der Waals surface area (Å²) in [7, 11) is 0. The van der Waals surface area contributed by atoms with Gasteiger partial charge in [-0.2, -0.15) is 4.37 Å². The predicted octanol–water partition coefficient (Wildman–Crippen LogP) is 4.29. The minimum atomic E-state index is -0.0343. The van der Waals surface area contributed by atoms with E-state index in [1.165, 1.54) is 23.3 Å². The van der Waals surface area contributed by atoms with Crippen LogP contribution in [0.15, 0.2) is 47.6 Å². The number of benzene rings is 2. The van der Waals surface area contributed by atoms with Gasteiger partial charge in [0.25, 0.3) is 0 Å². The summed E-state index contributed by atoms with van der Waals surface area (Å²) in [5, 5.41) is 3.81. The van der Waals surface area contributed by atoms with Gasteiger partial charge in [-0.05, 0) is 37.1 Å². The molecule has 0 saturated carbocycles. The number of amides is 1. The molecule has 0 atom stereocenters. The number of fused-ring (bicyclic) bond motifs is 3. The van der Waals surface area contributed by atoms with E-state index in [4.69, 9.17) is 0 Å². The number of aryl methyl sites for hydroxylation is 2. The van der Waals surface area contributed by atoms with Gasteiger partial charge in [0.2, 0.25) is 10.9 Å². The van der Waals surface area contributed by atoms with E-state index in [1.807, 2.05) is 60.7 Å². The summed E-state index contributed by atoms with van der Waals surface area (Å²) in [6.07, 6.45) is 0. The zero-order chi connectivity index (χ0) is 17.4. The monoisotopic (exact) mass is 368 g/mol. The Bertz CT molecular complexity index is 1060. The highest BCUT2D eigenvalue weighted by atomic mass is 32.2. The highest BCUT2D eigenvalue weighted by Gasteiger charge is 2.14. The van der Waals surface area contributed by atoms with Crippen LogP contribution < -0.4 is 5.32 Å². The summed E-state index contributed by atoms with van der Waals surface area (Å²) < 4.78 is 6.46. The standard InChI is InChI=1S/C18H16N4OS2/c1-11-6-5-7-12(2)16(11)20-15(23)10-24-18-21-25-17-19-13-8-3-4-9-14(13)22(17)18/h3-9H,10H2,1-2H3,(H,20,23). The molecule has 1 amide bonds. The second-order valence-electron chi connectivity index (χ2n) is 5.79. The number of rotatable bonds is 4. The molecule has 1 N–H and O–H groups in total. The van der Waals surface area contributed by atoms with E-state index < -0.39 is 0 Å². The Balaban J connectivity index is 1.53. The van der Waals surface area contributed by atoms with Gasteiger partial charge in [-0.15, -0.1) is 0 Å². The molecule has 0 fully saturated rings. The molecule has 2 aromatic carbocycles. The van der Waals surface area contributed by atoms with Crippen LogP contribution in [0.5, 0.6) is 0 Å². The Labute approximate surface area is 153 Å². The number of aromatic nitrogens is 3. The molecule has 4 aromatic rings. The fraction of sp³-hybridized carbons (Fsp3) is 0.167. The van der Waals surface area contributed by atoms with Crippen LogP contribution >= 0.6 is 23.3 Å². The number of carbonyl (C=O) groups is 1. The summed E-state index contributed by atoms with van der Waals surface area (Å²) in [6, 6.07) is 13.9. The van der Waals surface area contributed by atoms with Crippen LogP contribution in [0, 0.1) is 13.8 Å². The van der Waals surface area contributed by atoms with Gasteiger partial charge in [-0.3, -0.25) is 9.20 Å². The maximum Gasteiger partial charge on any atom is 0.234 e. The molecule has 0 aliphatic carbocycles. The Morgan fingerprint density at radius 2 is 1.92 bits per heavy atom. The van der Waals surface area contributed by atoms with Crippen LogP contribution in [0.2, 0.25) is 0 Å². The third-order valence-corrected chi connectivity index (χ3v) is 5.76. The molecule has 2 heterocycles. The van der Waals surface area contributed by atoms with Crippen LogP contribution in [-0.4, -0.2) is 25.4 Å². The Morgan fingerprint density at radius 1 is 1.16 bits per heavy atom. The first-order valence-electron chi connectivity index (χ1n) is 7.85. The second-order valence-corrected chi connectivity index (χ2v) is 7.46. The Kier molecular flexibility index (Phi) is 4.19. The lowest BCUT2D eigenvalue weighted by Crippen LogP contribution is -2.16. The SMILES string of the molecule is Cc1cccc(C)c1NC(=O)CSc1nsc2nc3ccccc3n12. The summed E-state index contributed by atoms with van der Waals surface area (Å²) in [5.74, 6) is 0.270. The Hall–Kier alpha value is -2.38. The molecule has 126 valence electrons. The third kappa shape index (κ3) is 3.01. The van der Waals surface area contributed by atoms with E-state index >= 15 is 0 Å². The lowest BCUT2D eigenvalue weighted by atomic mass is 10.1. The van der Waals surface area contributed by atoms with Gasteiger partial charge >= 0.3 is 0 Å². The number of anilines is 1. The van der Waals surface area contributed by atoms with Gasteiger partial charge in [0.05, 0.1) is 16.8 Å². The number of nitrogens with one attached hydrogen (secondary N) is 1. The first-order chi connectivity index (χ1) is 12.1. The van der Waals surface area contributed by atoms with Gasteiger partial charge in [0, 0.05) is 17.2 Å². The number of thioether (sulfide) groups is 1. The van der Waals surface area contributed by atoms with E-state index in [2.05, 4.69) is 14.7 Å². The fourth-order valence-corrected chi connectivity index (χ4v) is 4.45. The van der Waals surface area contributed by atoms with E-state index in [0.29, 0.717) is 5.75 Å². The van der Waals surface area contributed by atoms with Crippen molar-refractivity contribution in [1.82, 2.24) is 13.8 Å². The van der Waals surface area contributed by atoms with Crippen molar-refractivity contribution in [3.8, 4) is 0 Å². The molecular formula is C18H16N4OS2. The number of nitrogens with zero attached hydrogens (tertiary/aromatic N) is 3. The number of hydrogen-bond donors (Lipinski definition) is 1. The molecule has 2 aromatic heterocycles. The molecule has 4 rings (SSSR count). The molecular weight excluding hydrogens is 352 g/mol. The minimum absolute atomic E-state index is 0.0343. The molecule has 0 radical (unpaired) electrons. The summed E-state index contributed by atoms with van der Waals surface area (Å²) in [4.78, 5) is 17.8. The number of para-hydroxylation sites is 3. The van der Waals surface area contributed by atoms with E-state index in [1.54, 1.807) is 0 Å². The van der Waals surface area contributed by atoms with Crippen LogP contribution in [0.25, 0.3) is 16.0 Å². The first-order valence-corrected chi connectivity index (χ1v) is 9.61. The minimum Gasteiger partial charge on any atom is -0.325 e. The van der Waals surface area contributed by atoms with Gasteiger partial charge in [-0.1, -0.05) is 42.1 Å². The van der Waals surface area contributed by atoms with E-state index in [-0.39, 0.29) is 5.91 Å². The lowest BCUT2D eigenvalue weighted by molar-refractivity contribution is -0.113. The smallest absolute Gasteiger partial charge is 0.234 e. The highest BCUT2D eigenvalue weighted by molar-refractivity contribution is 7.99. The number of carbonyl (C=O) groups excluding carboxylic acids is 1. The van der Waals surface area contributed by atoms with Crippen molar-refractivity contribution in [2.24, 2.45) is 0 Å². The van der Waals surface area contributed by atoms with Gasteiger partial charge < -0.3 is 5.32 Å². The van der Waals surface area contributed by atoms with Crippen LogP contribution in [0.3, 0.4) is 0 Å². The zero-order valence-corrected chi connectivity index (χ0v) is 15.4. The Morgan fingerprint density at radius 3 is 2.72 bits per heavy atom. The van der Waals surface area contributed by atoms with Crippen molar-refractivity contribution in [2.75, 3.05) is 11.1 Å². The quantitative estimate of drug-likeness (QED) is 0.546. The highest BCUT2D eigenvalue weighted by Crippen LogP contribution is 2.27. The van der Waals surface area contributed by atoms with E-state index in [0.717, 1.165) is 38.0 Å². The molecule has 0 bridgehead atoms. The zero-order valence-electron chi connectivity index (χ0n) is 13.8. The molecule has 0 aliphatic rings. The average molecular weight is 368 g/mol. The summed E-state index contributed by atoms with van der Waals surface area (Å²) in [6.45, 7) is 3.99. The summed E-state index contributed by atoms with van der Waals surface area (Å²) in [5.41, 5.74) is 4.98. The van der Waals surface area contributed by atoms with Gasteiger partial charge in [0.1, 0.15) is 0 Å². The van der Waals surface area contributed by atoms with Crippen molar-refractivity contribution < 1.29 is 4.79 Å². The fourth-order valence-electron chi connectivity index (χ4n) is 2.78. The van der Waals surface area contributed by atoms with Crippen molar-refractivity contribution >= 4 is 50.9 Å². The largest absolute Gasteiger partial charge is 0.325 e. The normalized spacial score (nSPS) is 11.3. The topological polar surface area (TPSA) is 59.3 Å². The van der Waals surface area contributed by atoms with Gasteiger partial charge in [0.15, 0.2) is 5.16 Å². The number of hydrogen-bond acceptors (Lipinski definition) is 5. The molecule has 0 unspecified atom stereocenters. The maximum absolute atomic E-state index is 12.4. The van der Waals surface area contributed by atoms with Crippen LogP contribution in [-0.2, 0) is 4.79 Å². The second kappa shape index (κ2) is 6.50. The molecule has 25 heavy (non-hydrogen) atoms. The predicted molar refractivity (Wildman–Crippen MR) is 104 cm³/mol. The lowest BCUT2D eigenvalue weighted by Gasteiger charge is -2.10. The van der Waals surface area contributed by atoms with Crippen molar-refractivity contribution in [3.05, 3.63) is 53.6 Å². The van der Waals surface area contributed by atoms with Gasteiger partial charge in [-0.25, -0.2) is 4.98 Å². The molecule has 5 nitrogen and oxygen atoms in total. The molecule has 0 spiro atoms. The van der Waals surface area contributed by atoms with E-state index in [9.17, 15) is 4.79 Å². The number of imidazole rings is 1. The first kappa shape index (κ1) is 16.1. The van der Waals surface area contributed by atoms with Crippen molar-refractivity contribution in [3.63, 3.8) is 0 Å². The molecule has 7 heteroatoms. The van der Waals surface area contributed by atoms with Crippen molar-refractivity contribution in [2.45, 2.75) is 19.0 Å². The van der Waals surface area contributed by atoms with Crippen molar-refractivity contribution in [1.29, 1.82) is 0 Å².